The lowest BCUT2D eigenvalue weighted by Gasteiger charge is -2.04. The lowest BCUT2D eigenvalue weighted by Crippen LogP contribution is -2.14. The number of hydrogen-bond donors (Lipinski definition) is 3. The standard InChI is InChI=1S/C11H12N4O/c1-2-3-4-10(16)15-8-5-6-9(11(12)13)14-7-8/h1,5-7H,3-4H2,(H3,12,13)(H,15,16). The molecule has 1 heterocycles. The zero-order valence-corrected chi connectivity index (χ0v) is 8.66. The van der Waals surface area contributed by atoms with Crippen LogP contribution >= 0.6 is 0 Å². The molecule has 82 valence electrons. The van der Waals surface area contributed by atoms with Gasteiger partial charge in [0.15, 0.2) is 0 Å². The van der Waals surface area contributed by atoms with Gasteiger partial charge in [-0.05, 0) is 12.1 Å². The molecular formula is C11H12N4O. The number of aromatic nitrogens is 1. The van der Waals surface area contributed by atoms with Crippen LogP contribution in [-0.4, -0.2) is 16.7 Å². The lowest BCUT2D eigenvalue weighted by atomic mass is 10.3. The number of nitrogen functional groups attached to an aromatic ring is 1. The number of amidine groups is 1. The van der Waals surface area contributed by atoms with E-state index in [-0.39, 0.29) is 18.2 Å². The van der Waals surface area contributed by atoms with E-state index >= 15 is 0 Å². The normalized spacial score (nSPS) is 9.19. The molecule has 0 saturated heterocycles. The van der Waals surface area contributed by atoms with E-state index in [9.17, 15) is 4.79 Å². The minimum atomic E-state index is -0.157. The Morgan fingerprint density at radius 2 is 2.38 bits per heavy atom. The molecule has 0 saturated carbocycles. The third kappa shape index (κ3) is 3.42. The molecule has 5 nitrogen and oxygen atoms in total. The number of terminal acetylenes is 1. The van der Waals surface area contributed by atoms with Crippen LogP contribution in [0.2, 0.25) is 0 Å². The summed E-state index contributed by atoms with van der Waals surface area (Å²) in [6.45, 7) is 0. The molecule has 0 aliphatic carbocycles. The number of nitrogens with one attached hydrogen (secondary N) is 2. The maximum absolute atomic E-state index is 11.3. The summed E-state index contributed by atoms with van der Waals surface area (Å²) in [7, 11) is 0. The average molecular weight is 216 g/mol. The van der Waals surface area contributed by atoms with Crippen LogP contribution in [0, 0.1) is 17.8 Å². The molecule has 0 spiro atoms. The van der Waals surface area contributed by atoms with Crippen molar-refractivity contribution in [2.45, 2.75) is 12.8 Å². The number of hydrogen-bond acceptors (Lipinski definition) is 3. The minimum absolute atomic E-state index is 0.106. The summed E-state index contributed by atoms with van der Waals surface area (Å²) in [5, 5.41) is 9.78. The van der Waals surface area contributed by atoms with Crippen LogP contribution in [0.15, 0.2) is 18.3 Å². The fourth-order valence-corrected chi connectivity index (χ4v) is 1.04. The van der Waals surface area contributed by atoms with E-state index in [1.54, 1.807) is 12.1 Å². The van der Waals surface area contributed by atoms with Crippen LogP contribution in [0.3, 0.4) is 0 Å². The molecule has 0 radical (unpaired) electrons. The zero-order valence-electron chi connectivity index (χ0n) is 8.66. The Kier molecular flexibility index (Phi) is 4.04. The Bertz CT molecular complexity index is 430. The van der Waals surface area contributed by atoms with Crippen molar-refractivity contribution in [2.24, 2.45) is 5.73 Å². The number of nitrogens with two attached hydrogens (primary N) is 1. The summed E-state index contributed by atoms with van der Waals surface area (Å²) < 4.78 is 0. The van der Waals surface area contributed by atoms with E-state index in [0.29, 0.717) is 17.8 Å². The van der Waals surface area contributed by atoms with Crippen molar-refractivity contribution >= 4 is 17.4 Å². The van der Waals surface area contributed by atoms with Crippen molar-refractivity contribution in [1.29, 1.82) is 5.41 Å². The number of carbonyl (C=O) groups excluding carboxylic acids is 1. The molecule has 1 rings (SSSR count). The first-order valence-electron chi connectivity index (χ1n) is 4.67. The van der Waals surface area contributed by atoms with E-state index in [1.165, 1.54) is 6.20 Å². The van der Waals surface area contributed by atoms with Gasteiger partial charge in [0, 0.05) is 12.8 Å². The molecule has 16 heavy (non-hydrogen) atoms. The van der Waals surface area contributed by atoms with Crippen LogP contribution in [0.4, 0.5) is 5.69 Å². The van der Waals surface area contributed by atoms with E-state index < -0.39 is 0 Å². The molecule has 0 aromatic carbocycles. The van der Waals surface area contributed by atoms with Crippen molar-refractivity contribution in [3.05, 3.63) is 24.0 Å². The molecule has 0 fully saturated rings. The third-order valence-corrected chi connectivity index (χ3v) is 1.82. The SMILES string of the molecule is C#CCCC(=O)Nc1ccc(C(=N)N)nc1. The van der Waals surface area contributed by atoms with E-state index in [4.69, 9.17) is 17.6 Å². The van der Waals surface area contributed by atoms with Crippen LogP contribution in [0.25, 0.3) is 0 Å². The lowest BCUT2D eigenvalue weighted by molar-refractivity contribution is -0.116. The second kappa shape index (κ2) is 5.51. The summed E-state index contributed by atoms with van der Waals surface area (Å²) in [5.41, 5.74) is 6.18. The highest BCUT2D eigenvalue weighted by Crippen LogP contribution is 2.06. The van der Waals surface area contributed by atoms with Crippen molar-refractivity contribution in [3.63, 3.8) is 0 Å². The highest BCUT2D eigenvalue weighted by molar-refractivity contribution is 5.94. The molecule has 1 aromatic heterocycles. The fraction of sp³-hybridized carbons (Fsp3) is 0.182. The van der Waals surface area contributed by atoms with Crippen LogP contribution in [0.5, 0.6) is 0 Å². The molecule has 0 bridgehead atoms. The van der Waals surface area contributed by atoms with Gasteiger partial charge in [0.1, 0.15) is 11.5 Å². The topological polar surface area (TPSA) is 91.9 Å². The fourth-order valence-electron chi connectivity index (χ4n) is 1.04. The largest absolute Gasteiger partial charge is 0.382 e. The van der Waals surface area contributed by atoms with Crippen molar-refractivity contribution in [2.75, 3.05) is 5.32 Å². The minimum Gasteiger partial charge on any atom is -0.382 e. The molecule has 5 heteroatoms. The van der Waals surface area contributed by atoms with Gasteiger partial charge in [-0.25, -0.2) is 0 Å². The molecule has 4 N–H and O–H groups in total. The highest BCUT2D eigenvalue weighted by atomic mass is 16.1. The Labute approximate surface area is 93.6 Å². The number of carbonyl (C=O) groups is 1. The summed E-state index contributed by atoms with van der Waals surface area (Å²) in [6.07, 6.45) is 7.18. The number of pyridine rings is 1. The van der Waals surface area contributed by atoms with Crippen LogP contribution in [-0.2, 0) is 4.79 Å². The second-order valence-corrected chi connectivity index (χ2v) is 3.10. The van der Waals surface area contributed by atoms with Crippen LogP contribution < -0.4 is 11.1 Å². The molecule has 1 aromatic rings. The Balaban J connectivity index is 2.59. The van der Waals surface area contributed by atoms with Gasteiger partial charge in [-0.15, -0.1) is 12.3 Å². The predicted octanol–water partition coefficient (Wildman–Crippen LogP) is 0.718. The monoisotopic (exact) mass is 216 g/mol. The second-order valence-electron chi connectivity index (χ2n) is 3.10. The number of anilines is 1. The van der Waals surface area contributed by atoms with Gasteiger partial charge in [-0.2, -0.15) is 0 Å². The van der Waals surface area contributed by atoms with Gasteiger partial charge in [0.05, 0.1) is 11.9 Å². The average Bonchev–Trinajstić information content (AvgIpc) is 2.27. The van der Waals surface area contributed by atoms with E-state index in [2.05, 4.69) is 16.2 Å². The molecule has 0 unspecified atom stereocenters. The first-order valence-corrected chi connectivity index (χ1v) is 4.67. The maximum Gasteiger partial charge on any atom is 0.225 e. The highest BCUT2D eigenvalue weighted by Gasteiger charge is 2.02. The number of nitrogens with zero attached hydrogens (tertiary/aromatic N) is 1. The zero-order chi connectivity index (χ0) is 12.0. The third-order valence-electron chi connectivity index (χ3n) is 1.82. The predicted molar refractivity (Wildman–Crippen MR) is 61.9 cm³/mol. The van der Waals surface area contributed by atoms with Crippen LogP contribution in [0.1, 0.15) is 18.5 Å². The Morgan fingerprint density at radius 1 is 1.62 bits per heavy atom. The molecule has 0 aliphatic rings. The molecular weight excluding hydrogens is 204 g/mol. The van der Waals surface area contributed by atoms with E-state index in [1.807, 2.05) is 0 Å². The molecule has 1 amide bonds. The van der Waals surface area contributed by atoms with Gasteiger partial charge in [-0.1, -0.05) is 0 Å². The number of rotatable bonds is 4. The summed E-state index contributed by atoms with van der Waals surface area (Å²) in [6, 6.07) is 3.20. The smallest absolute Gasteiger partial charge is 0.225 e. The van der Waals surface area contributed by atoms with Gasteiger partial charge in [0.25, 0.3) is 0 Å². The van der Waals surface area contributed by atoms with Gasteiger partial charge in [-0.3, -0.25) is 15.2 Å². The first kappa shape index (κ1) is 11.7. The van der Waals surface area contributed by atoms with Crippen molar-refractivity contribution in [3.8, 4) is 12.3 Å². The molecule has 0 aliphatic heterocycles. The molecule has 0 atom stereocenters. The first-order chi connectivity index (χ1) is 7.63. The number of amides is 1. The summed E-state index contributed by atoms with van der Waals surface area (Å²) >= 11 is 0. The van der Waals surface area contributed by atoms with Gasteiger partial charge >= 0.3 is 0 Å². The summed E-state index contributed by atoms with van der Waals surface area (Å²) in [5.74, 6) is 2.12. The quantitative estimate of drug-likeness (QED) is 0.393. The van der Waals surface area contributed by atoms with Crippen molar-refractivity contribution in [1.82, 2.24) is 4.98 Å². The maximum atomic E-state index is 11.3. The van der Waals surface area contributed by atoms with Crippen molar-refractivity contribution < 1.29 is 4.79 Å². The van der Waals surface area contributed by atoms with Gasteiger partial charge < -0.3 is 11.1 Å². The Hall–Kier alpha value is -2.35. The van der Waals surface area contributed by atoms with E-state index in [0.717, 1.165) is 0 Å². The van der Waals surface area contributed by atoms with Gasteiger partial charge in [0.2, 0.25) is 5.91 Å². The Morgan fingerprint density at radius 3 is 2.88 bits per heavy atom. The summed E-state index contributed by atoms with van der Waals surface area (Å²) in [4.78, 5) is 15.2.